The van der Waals surface area contributed by atoms with Crippen LogP contribution in [-0.2, 0) is 9.53 Å². The highest BCUT2D eigenvalue weighted by Crippen LogP contribution is 2.09. The maximum absolute atomic E-state index is 11.3. The van der Waals surface area contributed by atoms with Gasteiger partial charge in [-0.3, -0.25) is 4.79 Å². The Balaban J connectivity index is 3.90. The van der Waals surface area contributed by atoms with E-state index >= 15 is 0 Å². The molecule has 0 aromatic rings. The molecule has 0 aliphatic carbocycles. The van der Waals surface area contributed by atoms with Crippen LogP contribution in [0.3, 0.4) is 0 Å². The lowest BCUT2D eigenvalue weighted by Crippen LogP contribution is -2.47. The lowest BCUT2D eigenvalue weighted by molar-refractivity contribution is -0.146. The minimum absolute atomic E-state index is 0.343. The van der Waals surface area contributed by atoms with Crippen molar-refractivity contribution in [2.75, 3.05) is 27.2 Å². The third-order valence-electron chi connectivity index (χ3n) is 2.75. The molecule has 0 aromatic heterocycles. The molecule has 4 nitrogen and oxygen atoms in total. The predicted molar refractivity (Wildman–Crippen MR) is 66.2 cm³/mol. The van der Waals surface area contributed by atoms with Gasteiger partial charge in [0.25, 0.3) is 0 Å². The second-order valence-corrected chi connectivity index (χ2v) is 5.14. The Morgan fingerprint density at radius 3 is 2.44 bits per heavy atom. The molecule has 16 heavy (non-hydrogen) atoms. The smallest absolute Gasteiger partial charge is 0.325 e. The number of rotatable bonds is 7. The Hall–Kier alpha value is -0.610. The molecule has 1 atom stereocenters. The van der Waals surface area contributed by atoms with Crippen molar-refractivity contribution in [2.24, 2.45) is 11.7 Å². The van der Waals surface area contributed by atoms with Gasteiger partial charge >= 0.3 is 5.97 Å². The van der Waals surface area contributed by atoms with Gasteiger partial charge in [0.15, 0.2) is 0 Å². The minimum Gasteiger partial charge on any atom is -0.468 e. The number of methoxy groups -OCH3 is 1. The number of nitrogens with two attached hydrogens (primary N) is 1. The normalized spacial score (nSPS) is 15.2. The van der Waals surface area contributed by atoms with E-state index in [1.165, 1.54) is 7.11 Å². The van der Waals surface area contributed by atoms with Crippen LogP contribution in [0.5, 0.6) is 0 Å². The highest BCUT2D eigenvalue weighted by molar-refractivity contribution is 5.79. The number of ether oxygens (including phenoxy) is 1. The summed E-state index contributed by atoms with van der Waals surface area (Å²) in [6.07, 6.45) is 1.78. The van der Waals surface area contributed by atoms with Crippen molar-refractivity contribution in [2.45, 2.75) is 39.2 Å². The van der Waals surface area contributed by atoms with Gasteiger partial charge in [-0.15, -0.1) is 0 Å². The Kier molecular flexibility index (Phi) is 6.60. The molecule has 0 aliphatic heterocycles. The Labute approximate surface area is 99.1 Å². The lowest BCUT2D eigenvalue weighted by atomic mass is 9.99. The molecule has 0 amide bonds. The molecule has 0 bridgehead atoms. The Bertz CT molecular complexity index is 215. The van der Waals surface area contributed by atoms with Crippen molar-refractivity contribution in [3.8, 4) is 0 Å². The van der Waals surface area contributed by atoms with Crippen molar-refractivity contribution < 1.29 is 9.53 Å². The molecule has 2 N–H and O–H groups in total. The monoisotopic (exact) mass is 230 g/mol. The molecule has 1 unspecified atom stereocenters. The lowest BCUT2D eigenvalue weighted by Gasteiger charge is -2.25. The van der Waals surface area contributed by atoms with Gasteiger partial charge < -0.3 is 15.4 Å². The van der Waals surface area contributed by atoms with Crippen LogP contribution in [0.25, 0.3) is 0 Å². The van der Waals surface area contributed by atoms with Crippen LogP contribution in [0.4, 0.5) is 0 Å². The van der Waals surface area contributed by atoms with Gasteiger partial charge in [0.05, 0.1) is 7.11 Å². The molecule has 96 valence electrons. The SMILES string of the molecule is COC(=O)C(C)(N)CCN(C)CCC(C)C. The molecule has 4 heteroatoms. The van der Waals surface area contributed by atoms with Gasteiger partial charge in [0.2, 0.25) is 0 Å². The van der Waals surface area contributed by atoms with Crippen molar-refractivity contribution in [1.82, 2.24) is 4.90 Å². The predicted octanol–water partition coefficient (Wildman–Crippen LogP) is 1.24. The molecule has 0 saturated heterocycles. The Morgan fingerprint density at radius 2 is 2.00 bits per heavy atom. The van der Waals surface area contributed by atoms with Crippen LogP contribution in [0.2, 0.25) is 0 Å². The van der Waals surface area contributed by atoms with Crippen molar-refractivity contribution in [3.63, 3.8) is 0 Å². The fourth-order valence-electron chi connectivity index (χ4n) is 1.35. The molecule has 0 fully saturated rings. The molecule has 0 aromatic carbocycles. The summed E-state index contributed by atoms with van der Waals surface area (Å²) in [5.74, 6) is 0.358. The zero-order valence-corrected chi connectivity index (χ0v) is 11.2. The fraction of sp³-hybridized carbons (Fsp3) is 0.917. The zero-order chi connectivity index (χ0) is 12.8. The summed E-state index contributed by atoms with van der Waals surface area (Å²) < 4.78 is 4.66. The summed E-state index contributed by atoms with van der Waals surface area (Å²) in [4.78, 5) is 13.5. The quantitative estimate of drug-likeness (QED) is 0.669. The maximum atomic E-state index is 11.3. The van der Waals surface area contributed by atoms with Crippen LogP contribution in [0.15, 0.2) is 0 Å². The van der Waals surface area contributed by atoms with Gasteiger partial charge in [-0.05, 0) is 39.3 Å². The van der Waals surface area contributed by atoms with Crippen LogP contribution in [-0.4, -0.2) is 43.7 Å². The zero-order valence-electron chi connectivity index (χ0n) is 11.2. The number of nitrogens with zero attached hydrogens (tertiary/aromatic N) is 1. The molecular weight excluding hydrogens is 204 g/mol. The summed E-state index contributed by atoms with van der Waals surface area (Å²) in [5, 5.41) is 0. The maximum Gasteiger partial charge on any atom is 0.325 e. The first-order chi connectivity index (χ1) is 7.29. The van der Waals surface area contributed by atoms with E-state index in [1.54, 1.807) is 6.92 Å². The first kappa shape index (κ1) is 15.4. The summed E-state index contributed by atoms with van der Waals surface area (Å²) in [6.45, 7) is 7.98. The van der Waals surface area contributed by atoms with Gasteiger partial charge in [-0.25, -0.2) is 0 Å². The molecule has 0 spiro atoms. The summed E-state index contributed by atoms with van der Waals surface area (Å²) in [7, 11) is 3.42. The van der Waals surface area contributed by atoms with Crippen LogP contribution >= 0.6 is 0 Å². The van der Waals surface area contributed by atoms with Gasteiger partial charge in [0, 0.05) is 6.54 Å². The number of esters is 1. The van der Waals surface area contributed by atoms with Crippen LogP contribution in [0, 0.1) is 5.92 Å². The minimum atomic E-state index is -0.874. The first-order valence-corrected chi connectivity index (χ1v) is 5.85. The van der Waals surface area contributed by atoms with Crippen LogP contribution in [0.1, 0.15) is 33.6 Å². The summed E-state index contributed by atoms with van der Waals surface area (Å²) >= 11 is 0. The molecule has 0 aliphatic rings. The highest BCUT2D eigenvalue weighted by atomic mass is 16.5. The van der Waals surface area contributed by atoms with Crippen molar-refractivity contribution in [3.05, 3.63) is 0 Å². The van der Waals surface area contributed by atoms with E-state index in [2.05, 4.69) is 30.5 Å². The molecule has 0 rings (SSSR count). The van der Waals surface area contributed by atoms with E-state index < -0.39 is 5.54 Å². The van der Waals surface area contributed by atoms with Crippen molar-refractivity contribution >= 4 is 5.97 Å². The van der Waals surface area contributed by atoms with Crippen LogP contribution < -0.4 is 5.73 Å². The van der Waals surface area contributed by atoms with E-state index in [4.69, 9.17) is 5.73 Å². The second kappa shape index (κ2) is 6.86. The molecule has 0 heterocycles. The topological polar surface area (TPSA) is 55.6 Å². The fourth-order valence-corrected chi connectivity index (χ4v) is 1.35. The number of carbonyl (C=O) groups excluding carboxylic acids is 1. The third kappa shape index (κ3) is 6.08. The molecule has 0 radical (unpaired) electrons. The van der Waals surface area contributed by atoms with E-state index in [0.717, 1.165) is 19.5 Å². The average molecular weight is 230 g/mol. The first-order valence-electron chi connectivity index (χ1n) is 5.85. The third-order valence-corrected chi connectivity index (χ3v) is 2.75. The number of hydrogen-bond acceptors (Lipinski definition) is 4. The van der Waals surface area contributed by atoms with E-state index in [0.29, 0.717) is 12.3 Å². The summed E-state index contributed by atoms with van der Waals surface area (Å²) in [6, 6.07) is 0. The molecule has 0 saturated carbocycles. The molecular formula is C12H26N2O2. The number of hydrogen-bond donors (Lipinski definition) is 1. The van der Waals surface area contributed by atoms with E-state index in [-0.39, 0.29) is 5.97 Å². The van der Waals surface area contributed by atoms with Gasteiger partial charge in [-0.2, -0.15) is 0 Å². The second-order valence-electron chi connectivity index (χ2n) is 5.14. The van der Waals surface area contributed by atoms with Gasteiger partial charge in [0.1, 0.15) is 5.54 Å². The van der Waals surface area contributed by atoms with E-state index in [9.17, 15) is 4.79 Å². The van der Waals surface area contributed by atoms with Crippen molar-refractivity contribution in [1.29, 1.82) is 0 Å². The largest absolute Gasteiger partial charge is 0.468 e. The summed E-state index contributed by atoms with van der Waals surface area (Å²) in [5.41, 5.74) is 5.00. The Morgan fingerprint density at radius 1 is 1.44 bits per heavy atom. The highest BCUT2D eigenvalue weighted by Gasteiger charge is 2.29. The van der Waals surface area contributed by atoms with Gasteiger partial charge in [-0.1, -0.05) is 13.8 Å². The number of carbonyl (C=O) groups is 1. The van der Waals surface area contributed by atoms with E-state index in [1.807, 2.05) is 0 Å². The average Bonchev–Trinajstić information content (AvgIpc) is 2.22. The standard InChI is InChI=1S/C12H26N2O2/c1-10(2)6-8-14(4)9-7-12(3,13)11(15)16-5/h10H,6-9,13H2,1-5H3.